The maximum absolute atomic E-state index is 10.9. The number of ketones is 1. The number of carbonyl (C=O) groups excluding carboxylic acids is 1. The summed E-state index contributed by atoms with van der Waals surface area (Å²) >= 11 is 0. The lowest BCUT2D eigenvalue weighted by Crippen LogP contribution is -2.03. The predicted molar refractivity (Wildman–Crippen MR) is 42.9 cm³/mol. The summed E-state index contributed by atoms with van der Waals surface area (Å²) in [5.74, 6) is -1.94. The first-order valence-corrected chi connectivity index (χ1v) is 3.45. The fourth-order valence-corrected chi connectivity index (χ4v) is 0.847. The summed E-state index contributed by atoms with van der Waals surface area (Å²) < 4.78 is 0. The number of hydrogen-bond acceptors (Lipinski definition) is 4. The third-order valence-electron chi connectivity index (χ3n) is 1.48. The van der Waals surface area contributed by atoms with Crippen molar-refractivity contribution >= 4 is 11.8 Å². The number of aromatic nitrogens is 1. The van der Waals surface area contributed by atoms with Crippen molar-refractivity contribution in [1.29, 1.82) is 0 Å². The van der Waals surface area contributed by atoms with E-state index in [4.69, 9.17) is 10.2 Å². The van der Waals surface area contributed by atoms with Crippen LogP contribution in [0.4, 0.5) is 0 Å². The molecule has 1 aromatic heterocycles. The molecule has 0 aromatic carbocycles. The van der Waals surface area contributed by atoms with Crippen LogP contribution in [0.15, 0.2) is 12.3 Å². The molecule has 13 heavy (non-hydrogen) atoms. The van der Waals surface area contributed by atoms with Crippen molar-refractivity contribution in [2.24, 2.45) is 0 Å². The Morgan fingerprint density at radius 3 is 2.54 bits per heavy atom. The van der Waals surface area contributed by atoms with Crippen molar-refractivity contribution in [2.75, 3.05) is 0 Å². The maximum atomic E-state index is 10.9. The number of carboxylic acid groups (broad SMARTS) is 1. The number of rotatable bonds is 2. The van der Waals surface area contributed by atoms with Gasteiger partial charge in [0.2, 0.25) is 0 Å². The summed E-state index contributed by atoms with van der Waals surface area (Å²) in [4.78, 5) is 24.7. The van der Waals surface area contributed by atoms with Crippen molar-refractivity contribution in [3.63, 3.8) is 0 Å². The summed E-state index contributed by atoms with van der Waals surface area (Å²) in [7, 11) is 0. The van der Waals surface area contributed by atoms with Gasteiger partial charge < -0.3 is 10.2 Å². The zero-order valence-corrected chi connectivity index (χ0v) is 6.81. The van der Waals surface area contributed by atoms with Crippen LogP contribution in [0.3, 0.4) is 0 Å². The Bertz CT molecular complexity index is 372. The molecule has 0 atom stereocenters. The highest BCUT2D eigenvalue weighted by Gasteiger charge is 2.11. The van der Waals surface area contributed by atoms with Crippen molar-refractivity contribution in [1.82, 2.24) is 4.98 Å². The first-order valence-electron chi connectivity index (χ1n) is 3.45. The zero-order chi connectivity index (χ0) is 10.0. The lowest BCUT2D eigenvalue weighted by Gasteiger charge is -2.00. The van der Waals surface area contributed by atoms with Gasteiger partial charge in [-0.2, -0.15) is 0 Å². The average Bonchev–Trinajstić information content (AvgIpc) is 2.04. The lowest BCUT2D eigenvalue weighted by atomic mass is 10.1. The molecule has 0 spiro atoms. The van der Waals surface area contributed by atoms with E-state index in [0.29, 0.717) is 0 Å². The van der Waals surface area contributed by atoms with Gasteiger partial charge in [0.05, 0.1) is 11.8 Å². The summed E-state index contributed by atoms with van der Waals surface area (Å²) in [5.41, 5.74) is -0.296. The number of pyridine rings is 1. The minimum absolute atomic E-state index is 0.0348. The van der Waals surface area contributed by atoms with Gasteiger partial charge in [-0.3, -0.25) is 4.79 Å². The molecule has 0 radical (unpaired) electrons. The molecular formula is C8H7NO4. The third-order valence-corrected chi connectivity index (χ3v) is 1.48. The molecule has 1 aromatic rings. The van der Waals surface area contributed by atoms with E-state index in [-0.39, 0.29) is 17.0 Å². The lowest BCUT2D eigenvalue weighted by molar-refractivity contribution is 0.0690. The van der Waals surface area contributed by atoms with Gasteiger partial charge >= 0.3 is 5.97 Å². The second-order valence-electron chi connectivity index (χ2n) is 2.45. The quantitative estimate of drug-likeness (QED) is 0.655. The summed E-state index contributed by atoms with van der Waals surface area (Å²) in [6, 6.07) is 1.04. The number of aromatic hydroxyl groups is 1. The van der Waals surface area contributed by atoms with Gasteiger partial charge in [-0.05, 0) is 13.0 Å². The normalized spacial score (nSPS) is 9.62. The Hall–Kier alpha value is -1.91. The highest BCUT2D eigenvalue weighted by molar-refractivity contribution is 5.98. The first-order chi connectivity index (χ1) is 6.02. The number of nitrogens with zero attached hydrogens (tertiary/aromatic N) is 1. The van der Waals surface area contributed by atoms with Crippen LogP contribution in [-0.4, -0.2) is 26.9 Å². The average molecular weight is 181 g/mol. The number of aromatic carboxylic acids is 1. The summed E-state index contributed by atoms with van der Waals surface area (Å²) in [6.45, 7) is 1.24. The van der Waals surface area contributed by atoms with Crippen LogP contribution in [0.25, 0.3) is 0 Å². The molecule has 0 aliphatic rings. The second kappa shape index (κ2) is 3.22. The summed E-state index contributed by atoms with van der Waals surface area (Å²) in [6.07, 6.45) is 0.945. The Morgan fingerprint density at radius 1 is 1.46 bits per heavy atom. The predicted octanol–water partition coefficient (Wildman–Crippen LogP) is 0.688. The molecule has 0 saturated carbocycles. The zero-order valence-electron chi connectivity index (χ0n) is 6.81. The molecule has 1 rings (SSSR count). The smallest absolute Gasteiger partial charge is 0.354 e. The van der Waals surface area contributed by atoms with Gasteiger partial charge in [-0.25, -0.2) is 9.78 Å². The van der Waals surface area contributed by atoms with E-state index < -0.39 is 11.8 Å². The standard InChI is InChI=1S/C8H7NO4/c1-4(10)5-2-6(8(12)13)9-3-7(5)11/h2-3,11H,1H3,(H,12,13). The van der Waals surface area contributed by atoms with Crippen LogP contribution in [-0.2, 0) is 0 Å². The fourth-order valence-electron chi connectivity index (χ4n) is 0.847. The van der Waals surface area contributed by atoms with E-state index in [9.17, 15) is 9.59 Å². The number of carbonyl (C=O) groups is 2. The van der Waals surface area contributed by atoms with E-state index in [1.165, 1.54) is 6.92 Å². The molecule has 2 N–H and O–H groups in total. The van der Waals surface area contributed by atoms with Gasteiger partial charge in [-0.1, -0.05) is 0 Å². The van der Waals surface area contributed by atoms with E-state index >= 15 is 0 Å². The maximum Gasteiger partial charge on any atom is 0.354 e. The molecular weight excluding hydrogens is 174 g/mol. The molecule has 0 saturated heterocycles. The van der Waals surface area contributed by atoms with Crippen LogP contribution >= 0.6 is 0 Å². The second-order valence-corrected chi connectivity index (χ2v) is 2.45. The summed E-state index contributed by atoms with van der Waals surface area (Å²) in [5, 5.41) is 17.6. The van der Waals surface area contributed by atoms with Crippen LogP contribution in [0.5, 0.6) is 5.75 Å². The Morgan fingerprint density at radius 2 is 2.08 bits per heavy atom. The van der Waals surface area contributed by atoms with Gasteiger partial charge in [0.1, 0.15) is 11.4 Å². The fraction of sp³-hybridized carbons (Fsp3) is 0.125. The molecule has 0 aliphatic carbocycles. The van der Waals surface area contributed by atoms with E-state index in [2.05, 4.69) is 4.98 Å². The van der Waals surface area contributed by atoms with Crippen LogP contribution in [0.1, 0.15) is 27.8 Å². The van der Waals surface area contributed by atoms with Gasteiger partial charge in [0.25, 0.3) is 0 Å². The molecule has 0 fully saturated rings. The van der Waals surface area contributed by atoms with Crippen molar-refractivity contribution in [3.8, 4) is 5.75 Å². The van der Waals surface area contributed by atoms with Gasteiger partial charge in [-0.15, -0.1) is 0 Å². The number of Topliss-reactive ketones (excluding diaryl/α,β-unsaturated/α-hetero) is 1. The van der Waals surface area contributed by atoms with Crippen molar-refractivity contribution < 1.29 is 19.8 Å². The van der Waals surface area contributed by atoms with Crippen molar-refractivity contribution in [2.45, 2.75) is 6.92 Å². The third kappa shape index (κ3) is 1.81. The van der Waals surface area contributed by atoms with Crippen LogP contribution < -0.4 is 0 Å². The first kappa shape index (κ1) is 9.18. The van der Waals surface area contributed by atoms with Gasteiger partial charge in [0.15, 0.2) is 5.78 Å². The molecule has 0 bridgehead atoms. The topological polar surface area (TPSA) is 87.5 Å². The molecule has 5 heteroatoms. The molecule has 1 heterocycles. The minimum atomic E-state index is -1.23. The van der Waals surface area contributed by atoms with E-state index in [0.717, 1.165) is 12.3 Å². The highest BCUT2D eigenvalue weighted by Crippen LogP contribution is 2.16. The SMILES string of the molecule is CC(=O)c1cc(C(=O)O)ncc1O. The van der Waals surface area contributed by atoms with Crippen LogP contribution in [0, 0.1) is 0 Å². The van der Waals surface area contributed by atoms with E-state index in [1.807, 2.05) is 0 Å². The Balaban J connectivity index is 3.27. The molecule has 68 valence electrons. The molecule has 0 amide bonds. The van der Waals surface area contributed by atoms with Crippen LogP contribution in [0.2, 0.25) is 0 Å². The molecule has 5 nitrogen and oxygen atoms in total. The Kier molecular flexibility index (Phi) is 2.27. The van der Waals surface area contributed by atoms with Crippen molar-refractivity contribution in [3.05, 3.63) is 23.5 Å². The van der Waals surface area contributed by atoms with Gasteiger partial charge in [0, 0.05) is 0 Å². The molecule has 0 unspecified atom stereocenters. The largest absolute Gasteiger partial charge is 0.506 e. The highest BCUT2D eigenvalue weighted by atomic mass is 16.4. The monoisotopic (exact) mass is 181 g/mol. The number of carboxylic acids is 1. The number of hydrogen-bond donors (Lipinski definition) is 2. The minimum Gasteiger partial charge on any atom is -0.506 e. The van der Waals surface area contributed by atoms with E-state index in [1.54, 1.807) is 0 Å². The molecule has 0 aliphatic heterocycles. The Labute approximate surface area is 73.7 Å².